The molecular formula is C19H24ClN5O3. The molecule has 150 valence electrons. The van der Waals surface area contributed by atoms with Crippen LogP contribution in [-0.2, 0) is 4.79 Å². The van der Waals surface area contributed by atoms with Crippen molar-refractivity contribution < 1.29 is 14.3 Å². The molecule has 0 fully saturated rings. The number of nitrogens with zero attached hydrogens (tertiary/aromatic N) is 3. The molecule has 0 aliphatic carbocycles. The molecule has 0 aliphatic heterocycles. The van der Waals surface area contributed by atoms with E-state index in [0.29, 0.717) is 37.0 Å². The topological polar surface area (TPSA) is 96.5 Å². The van der Waals surface area contributed by atoms with E-state index >= 15 is 0 Å². The first-order valence-corrected chi connectivity index (χ1v) is 9.44. The van der Waals surface area contributed by atoms with Gasteiger partial charge in [-0.05, 0) is 32.9 Å². The van der Waals surface area contributed by atoms with E-state index in [1.807, 2.05) is 25.7 Å². The number of aromatic nitrogens is 2. The predicted octanol–water partition coefficient (Wildman–Crippen LogP) is 2.74. The number of rotatable bonds is 9. The summed E-state index contributed by atoms with van der Waals surface area (Å²) >= 11 is 6.12. The van der Waals surface area contributed by atoms with Gasteiger partial charge in [-0.3, -0.25) is 9.59 Å². The zero-order chi connectivity index (χ0) is 20.5. The number of anilines is 2. The van der Waals surface area contributed by atoms with Crippen LogP contribution in [0.5, 0.6) is 5.75 Å². The van der Waals surface area contributed by atoms with E-state index in [1.54, 1.807) is 24.3 Å². The smallest absolute Gasteiger partial charge is 0.276 e. The number of nitrogens with one attached hydrogen (secondary N) is 2. The minimum absolute atomic E-state index is 0.0900. The molecule has 9 heteroatoms. The van der Waals surface area contributed by atoms with Gasteiger partial charge in [0, 0.05) is 31.4 Å². The largest absolute Gasteiger partial charge is 0.484 e. The maximum absolute atomic E-state index is 12.6. The molecule has 2 rings (SSSR count). The highest BCUT2D eigenvalue weighted by atomic mass is 35.5. The lowest BCUT2D eigenvalue weighted by atomic mass is 10.3. The summed E-state index contributed by atoms with van der Waals surface area (Å²) in [6.07, 6.45) is 1.42. The van der Waals surface area contributed by atoms with Gasteiger partial charge in [0.05, 0.1) is 11.2 Å². The molecule has 0 radical (unpaired) electrons. The van der Waals surface area contributed by atoms with Crippen molar-refractivity contribution in [1.82, 2.24) is 15.3 Å². The minimum atomic E-state index is -0.457. The molecule has 0 saturated carbocycles. The van der Waals surface area contributed by atoms with Crippen LogP contribution in [0.4, 0.5) is 11.6 Å². The lowest BCUT2D eigenvalue weighted by Crippen LogP contribution is -2.28. The molecular weight excluding hydrogens is 382 g/mol. The van der Waals surface area contributed by atoms with Gasteiger partial charge in [0.1, 0.15) is 5.75 Å². The second kappa shape index (κ2) is 10.5. The lowest BCUT2D eigenvalue weighted by Gasteiger charge is -2.19. The Kier molecular flexibility index (Phi) is 8.01. The molecule has 2 amide bonds. The van der Waals surface area contributed by atoms with Gasteiger partial charge in [0.15, 0.2) is 12.3 Å². The summed E-state index contributed by atoms with van der Waals surface area (Å²) in [7, 11) is 0. The van der Waals surface area contributed by atoms with Crippen molar-refractivity contribution in [2.45, 2.75) is 20.8 Å². The summed E-state index contributed by atoms with van der Waals surface area (Å²) in [5.74, 6) is 0.232. The van der Waals surface area contributed by atoms with Crippen molar-refractivity contribution in [3.8, 4) is 5.75 Å². The average Bonchev–Trinajstić information content (AvgIpc) is 2.69. The van der Waals surface area contributed by atoms with Crippen molar-refractivity contribution in [3.63, 3.8) is 0 Å². The Morgan fingerprint density at radius 1 is 1.21 bits per heavy atom. The molecule has 2 aromatic rings. The number of halogens is 1. The maximum Gasteiger partial charge on any atom is 0.276 e. The fraction of sp³-hybridized carbons (Fsp3) is 0.368. The Balaban J connectivity index is 2.11. The Hall–Kier alpha value is -2.87. The third-order valence-electron chi connectivity index (χ3n) is 3.83. The van der Waals surface area contributed by atoms with Crippen LogP contribution in [0.2, 0.25) is 5.02 Å². The van der Waals surface area contributed by atoms with Crippen LogP contribution in [0.3, 0.4) is 0 Å². The summed E-state index contributed by atoms with van der Waals surface area (Å²) in [6.45, 7) is 7.65. The summed E-state index contributed by atoms with van der Waals surface area (Å²) in [4.78, 5) is 34.5. The molecule has 0 aliphatic rings. The first-order chi connectivity index (χ1) is 13.5. The van der Waals surface area contributed by atoms with E-state index in [0.717, 1.165) is 0 Å². The van der Waals surface area contributed by atoms with E-state index in [1.165, 1.54) is 6.20 Å². The summed E-state index contributed by atoms with van der Waals surface area (Å²) in [6, 6.07) is 6.74. The molecule has 0 saturated heterocycles. The van der Waals surface area contributed by atoms with Crippen molar-refractivity contribution >= 4 is 35.1 Å². The van der Waals surface area contributed by atoms with Crippen molar-refractivity contribution in [3.05, 3.63) is 41.2 Å². The molecule has 8 nitrogen and oxygen atoms in total. The zero-order valence-electron chi connectivity index (χ0n) is 16.2. The van der Waals surface area contributed by atoms with Crippen LogP contribution in [-0.4, -0.2) is 48.0 Å². The fourth-order valence-electron chi connectivity index (χ4n) is 2.43. The van der Waals surface area contributed by atoms with Crippen LogP contribution in [0.1, 0.15) is 31.3 Å². The molecule has 0 unspecified atom stereocenters. The van der Waals surface area contributed by atoms with Crippen LogP contribution in [0.15, 0.2) is 30.5 Å². The van der Waals surface area contributed by atoms with Gasteiger partial charge in [-0.25, -0.2) is 9.97 Å². The molecule has 1 aromatic heterocycles. The highest BCUT2D eigenvalue weighted by Crippen LogP contribution is 2.21. The Bertz CT molecular complexity index is 827. The molecule has 0 bridgehead atoms. The number of hydrogen-bond acceptors (Lipinski definition) is 6. The van der Waals surface area contributed by atoms with Crippen molar-refractivity contribution in [1.29, 1.82) is 0 Å². The zero-order valence-corrected chi connectivity index (χ0v) is 16.9. The normalized spacial score (nSPS) is 10.3. The Labute approximate surface area is 169 Å². The van der Waals surface area contributed by atoms with Crippen LogP contribution in [0.25, 0.3) is 0 Å². The third-order valence-corrected chi connectivity index (χ3v) is 4.11. The highest BCUT2D eigenvalue weighted by Gasteiger charge is 2.17. The summed E-state index contributed by atoms with van der Waals surface area (Å²) in [5.41, 5.74) is 0.588. The SMILES string of the molecule is CCNC(=O)COc1cccc(NC(=O)c2nc(N(CC)CC)ncc2Cl)c1. The van der Waals surface area contributed by atoms with Gasteiger partial charge < -0.3 is 20.3 Å². The fourth-order valence-corrected chi connectivity index (χ4v) is 2.60. The Morgan fingerprint density at radius 3 is 2.64 bits per heavy atom. The molecule has 1 aromatic carbocycles. The number of amides is 2. The van der Waals surface area contributed by atoms with E-state index in [-0.39, 0.29) is 23.2 Å². The lowest BCUT2D eigenvalue weighted by molar-refractivity contribution is -0.122. The molecule has 2 N–H and O–H groups in total. The molecule has 0 atom stereocenters. The third kappa shape index (κ3) is 5.82. The first-order valence-electron chi connectivity index (χ1n) is 9.06. The number of ether oxygens (including phenoxy) is 1. The monoisotopic (exact) mass is 405 g/mol. The minimum Gasteiger partial charge on any atom is -0.484 e. The number of hydrogen-bond donors (Lipinski definition) is 2. The standard InChI is InChI=1S/C19H24ClN5O3/c1-4-21-16(26)12-28-14-9-7-8-13(10-14)23-18(27)17-15(20)11-22-19(24-17)25(5-2)6-3/h7-11H,4-6,12H2,1-3H3,(H,21,26)(H,23,27). The summed E-state index contributed by atoms with van der Waals surface area (Å²) in [5, 5.41) is 5.55. The second-order valence-electron chi connectivity index (χ2n) is 5.76. The van der Waals surface area contributed by atoms with E-state index < -0.39 is 5.91 Å². The number of carbonyl (C=O) groups excluding carboxylic acids is 2. The molecule has 1 heterocycles. The first kappa shape index (κ1) is 21.4. The predicted molar refractivity (Wildman–Crippen MR) is 109 cm³/mol. The van der Waals surface area contributed by atoms with Crippen molar-refractivity contribution in [2.75, 3.05) is 36.5 Å². The number of benzene rings is 1. The average molecular weight is 406 g/mol. The van der Waals surface area contributed by atoms with Crippen LogP contribution >= 0.6 is 11.6 Å². The molecule has 28 heavy (non-hydrogen) atoms. The van der Waals surface area contributed by atoms with Crippen LogP contribution < -0.4 is 20.3 Å². The van der Waals surface area contributed by atoms with Gasteiger partial charge in [0.25, 0.3) is 11.8 Å². The van der Waals surface area contributed by atoms with Gasteiger partial charge in [0.2, 0.25) is 5.95 Å². The highest BCUT2D eigenvalue weighted by molar-refractivity contribution is 6.34. The van der Waals surface area contributed by atoms with Gasteiger partial charge in [-0.15, -0.1) is 0 Å². The van der Waals surface area contributed by atoms with Gasteiger partial charge in [-0.2, -0.15) is 0 Å². The number of carbonyl (C=O) groups is 2. The van der Waals surface area contributed by atoms with E-state index in [9.17, 15) is 9.59 Å². The van der Waals surface area contributed by atoms with E-state index in [4.69, 9.17) is 16.3 Å². The van der Waals surface area contributed by atoms with Crippen LogP contribution in [0, 0.1) is 0 Å². The van der Waals surface area contributed by atoms with Crippen molar-refractivity contribution in [2.24, 2.45) is 0 Å². The molecule has 0 spiro atoms. The second-order valence-corrected chi connectivity index (χ2v) is 6.17. The maximum atomic E-state index is 12.6. The quantitative estimate of drug-likeness (QED) is 0.665. The summed E-state index contributed by atoms with van der Waals surface area (Å²) < 4.78 is 5.43. The Morgan fingerprint density at radius 2 is 1.96 bits per heavy atom. The number of likely N-dealkylation sites (N-methyl/N-ethyl adjacent to an activating group) is 1. The van der Waals surface area contributed by atoms with Gasteiger partial charge >= 0.3 is 0 Å². The van der Waals surface area contributed by atoms with E-state index in [2.05, 4.69) is 20.6 Å². The van der Waals surface area contributed by atoms with Gasteiger partial charge in [-0.1, -0.05) is 17.7 Å².